The van der Waals surface area contributed by atoms with E-state index in [-0.39, 0.29) is 30.4 Å². The van der Waals surface area contributed by atoms with E-state index >= 15 is 0 Å². The Bertz CT molecular complexity index is 1000. The molecule has 3 unspecified atom stereocenters. The van der Waals surface area contributed by atoms with Crippen LogP contribution < -0.4 is 10.6 Å². The number of aliphatic carboxylic acids is 1. The standard InChI is InChI=1S/C26H30N2O5/c1-15(2)23(24(29)27-17-12-11-16(13-17)25(30)31)28-26(32)33-14-22-20-9-5-3-7-18(20)19-8-4-6-10-21(19)22/h3-10,15-17,22-23H,11-14H2,1-2H3,(H,27,29)(H,28,32)(H,30,31). The normalized spacial score (nSPS) is 20.1. The monoisotopic (exact) mass is 450 g/mol. The Labute approximate surface area is 193 Å². The molecule has 3 atom stereocenters. The van der Waals surface area contributed by atoms with Gasteiger partial charge in [0.15, 0.2) is 0 Å². The van der Waals surface area contributed by atoms with E-state index < -0.39 is 24.0 Å². The van der Waals surface area contributed by atoms with E-state index in [1.165, 1.54) is 0 Å². The van der Waals surface area contributed by atoms with Crippen molar-refractivity contribution in [2.45, 2.75) is 51.1 Å². The van der Waals surface area contributed by atoms with Gasteiger partial charge in [0.25, 0.3) is 0 Å². The highest BCUT2D eigenvalue weighted by Gasteiger charge is 2.34. The van der Waals surface area contributed by atoms with Crippen LogP contribution in [0.2, 0.25) is 0 Å². The van der Waals surface area contributed by atoms with E-state index in [2.05, 4.69) is 34.9 Å². The van der Waals surface area contributed by atoms with E-state index in [0.717, 1.165) is 22.3 Å². The van der Waals surface area contributed by atoms with Gasteiger partial charge in [-0.15, -0.1) is 0 Å². The summed E-state index contributed by atoms with van der Waals surface area (Å²) in [7, 11) is 0. The number of hydrogen-bond donors (Lipinski definition) is 3. The van der Waals surface area contributed by atoms with Gasteiger partial charge in [-0.05, 0) is 47.4 Å². The third-order valence-electron chi connectivity index (χ3n) is 6.69. The van der Waals surface area contributed by atoms with Gasteiger partial charge in [0.1, 0.15) is 12.6 Å². The first-order chi connectivity index (χ1) is 15.8. The fourth-order valence-electron chi connectivity index (χ4n) is 4.93. The van der Waals surface area contributed by atoms with Gasteiger partial charge in [-0.3, -0.25) is 9.59 Å². The predicted octanol–water partition coefficient (Wildman–Crippen LogP) is 3.92. The zero-order valence-electron chi connectivity index (χ0n) is 18.9. The van der Waals surface area contributed by atoms with Crippen LogP contribution >= 0.6 is 0 Å². The van der Waals surface area contributed by atoms with Crippen LogP contribution in [-0.2, 0) is 14.3 Å². The number of alkyl carbamates (subject to hydrolysis) is 1. The largest absolute Gasteiger partial charge is 0.481 e. The lowest BCUT2D eigenvalue weighted by molar-refractivity contribution is -0.141. The number of carboxylic acid groups (broad SMARTS) is 1. The van der Waals surface area contributed by atoms with Crippen LogP contribution in [0.5, 0.6) is 0 Å². The number of fused-ring (bicyclic) bond motifs is 3. The Kier molecular flexibility index (Phi) is 6.67. The summed E-state index contributed by atoms with van der Waals surface area (Å²) in [5.41, 5.74) is 4.55. The van der Waals surface area contributed by atoms with Gasteiger partial charge in [-0.25, -0.2) is 4.79 Å². The van der Waals surface area contributed by atoms with Crippen molar-refractivity contribution in [1.29, 1.82) is 0 Å². The highest BCUT2D eigenvalue weighted by molar-refractivity contribution is 5.86. The van der Waals surface area contributed by atoms with E-state index in [4.69, 9.17) is 9.84 Å². The van der Waals surface area contributed by atoms with Crippen molar-refractivity contribution < 1.29 is 24.2 Å². The topological polar surface area (TPSA) is 105 Å². The first-order valence-corrected chi connectivity index (χ1v) is 11.5. The van der Waals surface area contributed by atoms with Gasteiger partial charge in [-0.1, -0.05) is 62.4 Å². The molecule has 2 amide bonds. The maximum atomic E-state index is 12.8. The number of hydrogen-bond acceptors (Lipinski definition) is 4. The van der Waals surface area contributed by atoms with E-state index in [0.29, 0.717) is 19.3 Å². The van der Waals surface area contributed by atoms with Crippen molar-refractivity contribution in [3.05, 3.63) is 59.7 Å². The van der Waals surface area contributed by atoms with Crippen LogP contribution in [0.4, 0.5) is 4.79 Å². The molecule has 3 N–H and O–H groups in total. The van der Waals surface area contributed by atoms with Crippen molar-refractivity contribution >= 4 is 18.0 Å². The Balaban J connectivity index is 1.36. The predicted molar refractivity (Wildman–Crippen MR) is 124 cm³/mol. The molecule has 7 nitrogen and oxygen atoms in total. The highest BCUT2D eigenvalue weighted by atomic mass is 16.5. The molecule has 2 aliphatic rings. The van der Waals surface area contributed by atoms with Gasteiger partial charge in [-0.2, -0.15) is 0 Å². The summed E-state index contributed by atoms with van der Waals surface area (Å²) in [6.07, 6.45) is 0.947. The van der Waals surface area contributed by atoms with E-state index in [1.54, 1.807) is 0 Å². The van der Waals surface area contributed by atoms with Crippen LogP contribution in [0, 0.1) is 11.8 Å². The molecule has 2 aromatic carbocycles. The molecule has 2 aliphatic carbocycles. The van der Waals surface area contributed by atoms with Crippen LogP contribution in [0.3, 0.4) is 0 Å². The Morgan fingerprint density at radius 3 is 2.15 bits per heavy atom. The fraction of sp³-hybridized carbons (Fsp3) is 0.423. The van der Waals surface area contributed by atoms with Crippen LogP contribution in [0.1, 0.15) is 50.2 Å². The van der Waals surface area contributed by atoms with Crippen molar-refractivity contribution in [2.24, 2.45) is 11.8 Å². The second kappa shape index (κ2) is 9.65. The number of carbonyl (C=O) groups excluding carboxylic acids is 2. The lowest BCUT2D eigenvalue weighted by atomic mass is 9.98. The van der Waals surface area contributed by atoms with Crippen molar-refractivity contribution in [2.75, 3.05) is 6.61 Å². The number of amides is 2. The third kappa shape index (κ3) is 4.87. The van der Waals surface area contributed by atoms with Gasteiger partial charge in [0, 0.05) is 12.0 Å². The number of benzene rings is 2. The van der Waals surface area contributed by atoms with Crippen molar-refractivity contribution in [3.8, 4) is 11.1 Å². The first-order valence-electron chi connectivity index (χ1n) is 11.5. The molecule has 0 bridgehead atoms. The van der Waals surface area contributed by atoms with Gasteiger partial charge in [0.2, 0.25) is 5.91 Å². The second-order valence-electron chi connectivity index (χ2n) is 9.25. The molecule has 2 aromatic rings. The molecule has 1 saturated carbocycles. The lowest BCUT2D eigenvalue weighted by Gasteiger charge is -2.24. The van der Waals surface area contributed by atoms with Crippen molar-refractivity contribution in [3.63, 3.8) is 0 Å². The quantitative estimate of drug-likeness (QED) is 0.593. The molecule has 0 aromatic heterocycles. The van der Waals surface area contributed by atoms with Crippen LogP contribution in [-0.4, -0.2) is 41.8 Å². The molecule has 1 fully saturated rings. The first kappa shape index (κ1) is 22.8. The molecule has 174 valence electrons. The molecule has 0 aliphatic heterocycles. The number of rotatable bonds is 7. The minimum Gasteiger partial charge on any atom is -0.481 e. The number of carboxylic acids is 1. The molecule has 7 heteroatoms. The number of ether oxygens (including phenoxy) is 1. The third-order valence-corrected chi connectivity index (χ3v) is 6.69. The highest BCUT2D eigenvalue weighted by Crippen LogP contribution is 2.44. The summed E-state index contributed by atoms with van der Waals surface area (Å²) in [6, 6.07) is 15.3. The zero-order chi connectivity index (χ0) is 23.5. The summed E-state index contributed by atoms with van der Waals surface area (Å²) in [5.74, 6) is -1.77. The molecule has 0 saturated heterocycles. The maximum Gasteiger partial charge on any atom is 0.407 e. The minimum absolute atomic E-state index is 0.0547. The number of nitrogens with one attached hydrogen (secondary N) is 2. The molecular formula is C26H30N2O5. The van der Waals surface area contributed by atoms with E-state index in [9.17, 15) is 14.4 Å². The smallest absolute Gasteiger partial charge is 0.407 e. The summed E-state index contributed by atoms with van der Waals surface area (Å²) >= 11 is 0. The molecule has 0 heterocycles. The second-order valence-corrected chi connectivity index (χ2v) is 9.25. The molecule has 4 rings (SSSR count). The zero-order valence-corrected chi connectivity index (χ0v) is 18.9. The Morgan fingerprint density at radius 1 is 1.00 bits per heavy atom. The molecule has 0 radical (unpaired) electrons. The van der Waals surface area contributed by atoms with Gasteiger partial charge >= 0.3 is 12.1 Å². The van der Waals surface area contributed by atoms with Crippen LogP contribution in [0.25, 0.3) is 11.1 Å². The van der Waals surface area contributed by atoms with Gasteiger partial charge in [0.05, 0.1) is 5.92 Å². The van der Waals surface area contributed by atoms with E-state index in [1.807, 2.05) is 38.1 Å². The van der Waals surface area contributed by atoms with Crippen LogP contribution in [0.15, 0.2) is 48.5 Å². The van der Waals surface area contributed by atoms with Gasteiger partial charge < -0.3 is 20.5 Å². The summed E-state index contributed by atoms with van der Waals surface area (Å²) in [4.78, 5) is 36.6. The summed E-state index contributed by atoms with van der Waals surface area (Å²) in [5, 5.41) is 14.8. The Morgan fingerprint density at radius 2 is 1.61 bits per heavy atom. The SMILES string of the molecule is CC(C)C(NC(=O)OCC1c2ccccc2-c2ccccc21)C(=O)NC1CCC(C(=O)O)C1. The summed E-state index contributed by atoms with van der Waals surface area (Å²) in [6.45, 7) is 3.88. The lowest BCUT2D eigenvalue weighted by Crippen LogP contribution is -2.52. The minimum atomic E-state index is -0.830. The molecule has 33 heavy (non-hydrogen) atoms. The fourth-order valence-corrected chi connectivity index (χ4v) is 4.93. The Hall–Kier alpha value is -3.35. The maximum absolute atomic E-state index is 12.8. The number of carbonyl (C=O) groups is 3. The summed E-state index contributed by atoms with van der Waals surface area (Å²) < 4.78 is 5.58. The molecule has 0 spiro atoms. The average Bonchev–Trinajstić information content (AvgIpc) is 3.39. The molecular weight excluding hydrogens is 420 g/mol. The van der Waals surface area contributed by atoms with Crippen molar-refractivity contribution in [1.82, 2.24) is 10.6 Å². The average molecular weight is 451 g/mol.